The number of hydrogen-bond acceptors (Lipinski definition) is 1. The first-order valence-electron chi connectivity index (χ1n) is 4.62. The monoisotopic (exact) mass is 194 g/mol. The van der Waals surface area contributed by atoms with E-state index in [1.54, 1.807) is 0 Å². The van der Waals surface area contributed by atoms with Gasteiger partial charge in [0.1, 0.15) is 8.07 Å². The fraction of sp³-hybridized carbons (Fsp3) is 0.545. The molecule has 0 fully saturated rings. The average Bonchev–Trinajstić information content (AvgIpc) is 2.00. The Morgan fingerprint density at radius 3 is 2.54 bits per heavy atom. The molecule has 13 heavy (non-hydrogen) atoms. The zero-order chi connectivity index (χ0) is 10.3. The Hall–Kier alpha value is -0.813. The van der Waals surface area contributed by atoms with E-state index >= 15 is 0 Å². The number of rotatable bonds is 4. The maximum atomic E-state index is 11.2. The third kappa shape index (κ3) is 9.10. The van der Waals surface area contributed by atoms with Crippen molar-refractivity contribution in [1.82, 2.24) is 0 Å². The Morgan fingerprint density at radius 2 is 2.08 bits per heavy atom. The number of allylic oxidation sites excluding steroid dienone is 1. The van der Waals surface area contributed by atoms with Gasteiger partial charge in [-0.2, -0.15) is 0 Å². The van der Waals surface area contributed by atoms with Gasteiger partial charge in [-0.05, 0) is 18.8 Å². The smallest absolute Gasteiger partial charge is 0.204 e. The topological polar surface area (TPSA) is 17.1 Å². The Labute approximate surface area is 82.2 Å². The molecule has 0 amide bonds. The van der Waals surface area contributed by atoms with Crippen LogP contribution in [0.25, 0.3) is 0 Å². The second-order valence-electron chi connectivity index (χ2n) is 4.10. The number of carbonyl (C=O) groups is 1. The molecule has 0 aliphatic rings. The van der Waals surface area contributed by atoms with Crippen molar-refractivity contribution in [2.24, 2.45) is 0 Å². The molecule has 0 bridgehead atoms. The molecule has 2 heteroatoms. The molecule has 0 aliphatic heterocycles. The first-order valence-corrected chi connectivity index (χ1v) is 8.12. The zero-order valence-electron chi connectivity index (χ0n) is 8.81. The van der Waals surface area contributed by atoms with Crippen LogP contribution < -0.4 is 0 Å². The number of unbranched alkanes of at least 4 members (excludes halogenated alkanes) is 1. The molecule has 72 valence electrons. The van der Waals surface area contributed by atoms with Crippen molar-refractivity contribution in [3.63, 3.8) is 0 Å². The van der Waals surface area contributed by atoms with E-state index in [2.05, 4.69) is 37.7 Å². The minimum absolute atomic E-state index is 0.0734. The summed E-state index contributed by atoms with van der Waals surface area (Å²) in [5, 5.41) is 0. The summed E-state index contributed by atoms with van der Waals surface area (Å²) in [6.07, 6.45) is 4.19. The van der Waals surface area contributed by atoms with E-state index in [4.69, 9.17) is 0 Å². The third-order valence-electron chi connectivity index (χ3n) is 1.39. The van der Waals surface area contributed by atoms with Gasteiger partial charge in [0.25, 0.3) is 0 Å². The van der Waals surface area contributed by atoms with Crippen LogP contribution in [-0.2, 0) is 4.79 Å². The number of Topliss-reactive ketones (excluding diaryl/α,β-unsaturated/α-hetero) is 1. The molecule has 0 atom stereocenters. The summed E-state index contributed by atoms with van der Waals surface area (Å²) in [5.74, 6) is 2.79. The molecule has 0 rings (SSSR count). The van der Waals surface area contributed by atoms with Crippen LogP contribution in [0.1, 0.15) is 19.3 Å². The second kappa shape index (κ2) is 5.77. The summed E-state index contributed by atoms with van der Waals surface area (Å²) in [7, 11) is -1.37. The van der Waals surface area contributed by atoms with Gasteiger partial charge in [-0.25, -0.2) is 0 Å². The van der Waals surface area contributed by atoms with Gasteiger partial charge in [0.15, 0.2) is 0 Å². The molecule has 0 N–H and O–H groups in total. The van der Waals surface area contributed by atoms with Crippen molar-refractivity contribution in [2.45, 2.75) is 38.9 Å². The fourth-order valence-electron chi connectivity index (χ4n) is 0.727. The molecule has 0 saturated heterocycles. The maximum absolute atomic E-state index is 11.2. The lowest BCUT2D eigenvalue weighted by molar-refractivity contribution is -0.113. The number of ketones is 1. The molecule has 0 unspecified atom stereocenters. The van der Waals surface area contributed by atoms with Crippen molar-refractivity contribution in [3.8, 4) is 11.5 Å². The van der Waals surface area contributed by atoms with Crippen LogP contribution in [0.2, 0.25) is 19.6 Å². The normalized spacial score (nSPS) is 10.1. The molecule has 0 aromatic carbocycles. The van der Waals surface area contributed by atoms with Crippen LogP contribution in [0.15, 0.2) is 12.7 Å². The number of hydrogen-bond donors (Lipinski definition) is 0. The van der Waals surface area contributed by atoms with E-state index in [-0.39, 0.29) is 5.78 Å². The van der Waals surface area contributed by atoms with Gasteiger partial charge in [-0.1, -0.05) is 25.7 Å². The Morgan fingerprint density at radius 1 is 1.46 bits per heavy atom. The first-order chi connectivity index (χ1) is 5.95. The van der Waals surface area contributed by atoms with Crippen molar-refractivity contribution >= 4 is 13.9 Å². The van der Waals surface area contributed by atoms with E-state index in [0.717, 1.165) is 12.8 Å². The fourth-order valence-corrected chi connectivity index (χ4v) is 1.24. The van der Waals surface area contributed by atoms with Crippen molar-refractivity contribution < 1.29 is 4.79 Å². The van der Waals surface area contributed by atoms with Crippen molar-refractivity contribution in [2.75, 3.05) is 0 Å². The van der Waals surface area contributed by atoms with E-state index < -0.39 is 8.07 Å². The van der Waals surface area contributed by atoms with Gasteiger partial charge >= 0.3 is 0 Å². The van der Waals surface area contributed by atoms with Gasteiger partial charge in [0, 0.05) is 6.42 Å². The average molecular weight is 194 g/mol. The van der Waals surface area contributed by atoms with Crippen LogP contribution in [0.3, 0.4) is 0 Å². The molecule has 0 saturated carbocycles. The Kier molecular flexibility index (Phi) is 5.41. The molecule has 1 nitrogen and oxygen atoms in total. The van der Waals surface area contributed by atoms with E-state index in [0.29, 0.717) is 6.42 Å². The lowest BCUT2D eigenvalue weighted by Gasteiger charge is -2.02. The minimum Gasteiger partial charge on any atom is -0.285 e. The zero-order valence-corrected chi connectivity index (χ0v) is 9.81. The molecule has 0 aliphatic carbocycles. The van der Waals surface area contributed by atoms with Crippen LogP contribution in [-0.4, -0.2) is 13.9 Å². The molecule has 0 heterocycles. The molecule has 0 aromatic heterocycles. The minimum atomic E-state index is -1.37. The highest BCUT2D eigenvalue weighted by molar-refractivity contribution is 6.84. The molecule has 0 radical (unpaired) electrons. The highest BCUT2D eigenvalue weighted by atomic mass is 28.3. The van der Waals surface area contributed by atoms with E-state index in [1.807, 2.05) is 6.08 Å². The predicted octanol–water partition coefficient (Wildman–Crippen LogP) is 2.79. The second-order valence-corrected chi connectivity index (χ2v) is 8.85. The predicted molar refractivity (Wildman–Crippen MR) is 60.2 cm³/mol. The van der Waals surface area contributed by atoms with Gasteiger partial charge in [0.2, 0.25) is 5.78 Å². The first kappa shape index (κ1) is 12.2. The van der Waals surface area contributed by atoms with Crippen LogP contribution in [0.4, 0.5) is 0 Å². The van der Waals surface area contributed by atoms with Gasteiger partial charge < -0.3 is 0 Å². The standard InChI is InChI=1S/C11H18OSi/c1-5-6-7-8-11(12)9-10-13(2,3)4/h5H,1,6-8H2,2-4H3. The lowest BCUT2D eigenvalue weighted by atomic mass is 10.2. The van der Waals surface area contributed by atoms with Gasteiger partial charge in [0.05, 0.1) is 0 Å². The maximum Gasteiger partial charge on any atom is 0.204 e. The van der Waals surface area contributed by atoms with E-state index in [1.165, 1.54) is 0 Å². The van der Waals surface area contributed by atoms with Gasteiger partial charge in [-0.3, -0.25) is 4.79 Å². The van der Waals surface area contributed by atoms with Gasteiger partial charge in [-0.15, -0.1) is 12.1 Å². The van der Waals surface area contributed by atoms with Crippen molar-refractivity contribution in [3.05, 3.63) is 12.7 Å². The molecular weight excluding hydrogens is 176 g/mol. The summed E-state index contributed by atoms with van der Waals surface area (Å²) in [6.45, 7) is 10.0. The molecule has 0 spiro atoms. The third-order valence-corrected chi connectivity index (χ3v) is 2.26. The summed E-state index contributed by atoms with van der Waals surface area (Å²) in [6, 6.07) is 0. The largest absolute Gasteiger partial charge is 0.285 e. The highest BCUT2D eigenvalue weighted by Gasteiger charge is 2.08. The highest BCUT2D eigenvalue weighted by Crippen LogP contribution is 1.99. The van der Waals surface area contributed by atoms with E-state index in [9.17, 15) is 4.79 Å². The summed E-state index contributed by atoms with van der Waals surface area (Å²) < 4.78 is 0. The van der Waals surface area contributed by atoms with Crippen LogP contribution in [0.5, 0.6) is 0 Å². The quantitative estimate of drug-likeness (QED) is 0.291. The van der Waals surface area contributed by atoms with Crippen molar-refractivity contribution in [1.29, 1.82) is 0 Å². The van der Waals surface area contributed by atoms with Crippen LogP contribution >= 0.6 is 0 Å². The lowest BCUT2D eigenvalue weighted by Crippen LogP contribution is -2.17. The summed E-state index contributed by atoms with van der Waals surface area (Å²) in [5.41, 5.74) is 3.06. The summed E-state index contributed by atoms with van der Waals surface area (Å²) >= 11 is 0. The Bertz CT molecular complexity index is 237. The molecular formula is C11H18OSi. The molecule has 0 aromatic rings. The van der Waals surface area contributed by atoms with Crippen LogP contribution in [0, 0.1) is 11.5 Å². The number of carbonyl (C=O) groups excluding carboxylic acids is 1. The SMILES string of the molecule is C=CCCCC(=O)C#C[Si](C)(C)C. The Balaban J connectivity index is 3.85. The summed E-state index contributed by atoms with van der Waals surface area (Å²) in [4.78, 5) is 11.2.